The van der Waals surface area contributed by atoms with Crippen LogP contribution in [0.2, 0.25) is 0 Å². The Kier molecular flexibility index (Phi) is 7.69. The lowest BCUT2D eigenvalue weighted by Gasteiger charge is -2.20. The summed E-state index contributed by atoms with van der Waals surface area (Å²) < 4.78 is 18.1. The fourth-order valence-electron chi connectivity index (χ4n) is 6.31. The minimum absolute atomic E-state index is 0.493. The van der Waals surface area contributed by atoms with E-state index in [1.807, 2.05) is 36.8 Å². The smallest absolute Gasteiger partial charge is 0.380 e. The summed E-state index contributed by atoms with van der Waals surface area (Å²) in [4.78, 5) is 4.35. The fourth-order valence-corrected chi connectivity index (χ4v) is 6.31. The highest BCUT2D eigenvalue weighted by atomic mass is 16.9. The molecule has 3 aliphatic rings. The summed E-state index contributed by atoms with van der Waals surface area (Å²) in [6.07, 6.45) is 24.1. The predicted molar refractivity (Wildman–Crippen MR) is 140 cm³/mol. The van der Waals surface area contributed by atoms with Crippen LogP contribution in [0.1, 0.15) is 131 Å². The summed E-state index contributed by atoms with van der Waals surface area (Å²) in [6, 6.07) is 6.12. The molecule has 0 amide bonds. The van der Waals surface area contributed by atoms with Crippen LogP contribution < -0.4 is 14.3 Å². The molecule has 9 nitrogen and oxygen atoms in total. The highest BCUT2D eigenvalue weighted by Gasteiger charge is 2.35. The largest absolute Gasteiger partial charge is 0.929 e. The van der Waals surface area contributed by atoms with Gasteiger partial charge in [-0.15, -0.1) is 29.8 Å². The predicted octanol–water partition coefficient (Wildman–Crippen LogP) is 5.09. The monoisotopic (exact) mass is 506 g/mol. The Morgan fingerprint density at radius 1 is 0.486 bits per heavy atom. The van der Waals surface area contributed by atoms with Crippen LogP contribution in [0, 0.1) is 0 Å². The lowest BCUT2D eigenvalue weighted by molar-refractivity contribution is 0.0388. The van der Waals surface area contributed by atoms with Gasteiger partial charge < -0.3 is 14.3 Å². The van der Waals surface area contributed by atoms with Crippen LogP contribution in [0.3, 0.4) is 0 Å². The molecule has 3 aromatic rings. The molecule has 3 fully saturated rings. The molecule has 0 atom stereocenters. The quantitative estimate of drug-likeness (QED) is 0.376. The summed E-state index contributed by atoms with van der Waals surface area (Å²) in [5.41, 5.74) is 3.20. The van der Waals surface area contributed by atoms with Gasteiger partial charge in [-0.2, -0.15) is 0 Å². The van der Waals surface area contributed by atoms with E-state index in [2.05, 4.69) is 15.3 Å². The van der Waals surface area contributed by atoms with Crippen LogP contribution in [0.15, 0.2) is 36.8 Å². The van der Waals surface area contributed by atoms with Crippen LogP contribution in [0.5, 0.6) is 0 Å². The van der Waals surface area contributed by atoms with E-state index in [-0.39, 0.29) is 0 Å². The van der Waals surface area contributed by atoms with Gasteiger partial charge in [-0.3, -0.25) is 0 Å². The molecule has 3 heterocycles. The third kappa shape index (κ3) is 6.16. The van der Waals surface area contributed by atoms with E-state index in [0.29, 0.717) is 17.8 Å². The average molecular weight is 506 g/mol. The lowest BCUT2D eigenvalue weighted by atomic mass is 9.87. The molecule has 0 radical (unpaired) electrons. The highest BCUT2D eigenvalue weighted by molar-refractivity contribution is 6.37. The van der Waals surface area contributed by atoms with Crippen molar-refractivity contribution in [3.05, 3.63) is 53.9 Å². The zero-order valence-electron chi connectivity index (χ0n) is 21.8. The second-order valence-corrected chi connectivity index (χ2v) is 11.0. The number of hydrogen-bond acceptors (Lipinski definition) is 6. The Morgan fingerprint density at radius 3 is 1.08 bits per heavy atom. The third-order valence-electron chi connectivity index (χ3n) is 8.41. The Labute approximate surface area is 219 Å². The van der Waals surface area contributed by atoms with Crippen LogP contribution in [0.25, 0.3) is 0 Å². The van der Waals surface area contributed by atoms with Crippen molar-refractivity contribution in [1.29, 1.82) is 0 Å². The van der Waals surface area contributed by atoms with Gasteiger partial charge in [-0.1, -0.05) is 57.8 Å². The normalized spacial score (nSPS) is 20.1. The first-order chi connectivity index (χ1) is 18.3. The Balaban J connectivity index is 1.16. The molecular weight excluding hydrogens is 467 g/mol. The Bertz CT molecular complexity index is 973. The van der Waals surface area contributed by atoms with Crippen molar-refractivity contribution >= 4 is 7.32 Å². The lowest BCUT2D eigenvalue weighted by Crippen LogP contribution is -2.49. The second-order valence-electron chi connectivity index (χ2n) is 11.0. The second kappa shape index (κ2) is 11.6. The van der Waals surface area contributed by atoms with Gasteiger partial charge in [0.1, 0.15) is 0 Å². The van der Waals surface area contributed by atoms with E-state index < -0.39 is 7.32 Å². The third-order valence-corrected chi connectivity index (χ3v) is 8.41. The molecule has 198 valence electrons. The summed E-state index contributed by atoms with van der Waals surface area (Å²) in [5.74, 6) is 1.48. The van der Waals surface area contributed by atoms with Crippen molar-refractivity contribution < 1.29 is 14.3 Å². The van der Waals surface area contributed by atoms with Crippen LogP contribution in [0.4, 0.5) is 0 Å². The molecule has 10 heteroatoms. The standard InChI is InChI=1S/C27H39BN6O3/c1-4-10-22(11-5-1)25-16-19-32(29-25)35-28(36-33-20-17-26(30-33)23-12-6-2-7-13-23)37-34-21-18-27(31-34)24-14-8-3-9-15-24/h16-24H,1-15H2. The van der Waals surface area contributed by atoms with E-state index >= 15 is 0 Å². The zero-order chi connectivity index (χ0) is 24.9. The maximum Gasteiger partial charge on any atom is 0.929 e. The molecule has 6 rings (SSSR count). The van der Waals surface area contributed by atoms with Crippen molar-refractivity contribution in [2.24, 2.45) is 0 Å². The Hall–Kier alpha value is -2.91. The first-order valence-electron chi connectivity index (χ1n) is 14.5. The van der Waals surface area contributed by atoms with E-state index in [0.717, 1.165) is 17.1 Å². The van der Waals surface area contributed by atoms with Gasteiger partial charge in [0.15, 0.2) is 0 Å². The summed E-state index contributed by atoms with van der Waals surface area (Å²) in [5, 5.41) is 14.1. The van der Waals surface area contributed by atoms with Gasteiger partial charge >= 0.3 is 7.32 Å². The Morgan fingerprint density at radius 2 is 0.784 bits per heavy atom. The maximum atomic E-state index is 6.04. The van der Waals surface area contributed by atoms with E-state index in [4.69, 9.17) is 14.3 Å². The number of rotatable bonds is 9. The van der Waals surface area contributed by atoms with Gasteiger partial charge in [-0.25, -0.2) is 0 Å². The van der Waals surface area contributed by atoms with Gasteiger partial charge in [0.2, 0.25) is 0 Å². The summed E-state index contributed by atoms with van der Waals surface area (Å²) in [6.45, 7) is 0. The van der Waals surface area contributed by atoms with Crippen molar-refractivity contribution in [2.45, 2.75) is 114 Å². The molecule has 0 unspecified atom stereocenters. The molecule has 3 aliphatic carbocycles. The summed E-state index contributed by atoms with van der Waals surface area (Å²) in [7, 11) is -1.11. The number of hydrogen-bond donors (Lipinski definition) is 0. The number of aromatic nitrogens is 6. The highest BCUT2D eigenvalue weighted by Crippen LogP contribution is 2.33. The SMILES string of the molecule is c1cn(OB(On2ccc(C3CCCCC3)n2)On2ccc(C3CCCCC3)n2)nc1C1CCCCC1. The van der Waals surface area contributed by atoms with Crippen molar-refractivity contribution in [2.75, 3.05) is 0 Å². The molecule has 3 aromatic heterocycles. The zero-order valence-corrected chi connectivity index (χ0v) is 21.8. The molecule has 0 N–H and O–H groups in total. The van der Waals surface area contributed by atoms with Crippen LogP contribution in [-0.4, -0.2) is 37.2 Å². The maximum absolute atomic E-state index is 6.04. The van der Waals surface area contributed by atoms with Gasteiger partial charge in [0.25, 0.3) is 0 Å². The molecular formula is C27H39BN6O3. The van der Waals surface area contributed by atoms with Gasteiger partial charge in [-0.05, 0) is 56.7 Å². The molecule has 0 saturated heterocycles. The molecule has 0 aliphatic heterocycles. The van der Waals surface area contributed by atoms with E-state index in [9.17, 15) is 0 Å². The van der Waals surface area contributed by atoms with Crippen molar-refractivity contribution in [3.63, 3.8) is 0 Å². The summed E-state index contributed by atoms with van der Waals surface area (Å²) >= 11 is 0. The minimum atomic E-state index is -1.11. The van der Waals surface area contributed by atoms with Gasteiger partial charge in [0, 0.05) is 17.8 Å². The van der Waals surface area contributed by atoms with Crippen molar-refractivity contribution in [1.82, 2.24) is 29.8 Å². The fraction of sp³-hybridized carbons (Fsp3) is 0.667. The topological polar surface area (TPSA) is 81.1 Å². The van der Waals surface area contributed by atoms with Crippen LogP contribution in [-0.2, 0) is 0 Å². The molecule has 37 heavy (non-hydrogen) atoms. The molecule has 3 saturated carbocycles. The first-order valence-corrected chi connectivity index (χ1v) is 14.5. The first kappa shape index (κ1) is 24.4. The van der Waals surface area contributed by atoms with Gasteiger partial charge in [0.05, 0.1) is 35.7 Å². The molecule has 0 spiro atoms. The minimum Gasteiger partial charge on any atom is -0.380 e. The number of nitrogens with zero attached hydrogens (tertiary/aromatic N) is 6. The van der Waals surface area contributed by atoms with Crippen LogP contribution >= 0.6 is 0 Å². The van der Waals surface area contributed by atoms with Crippen molar-refractivity contribution in [3.8, 4) is 0 Å². The van der Waals surface area contributed by atoms with E-state index in [1.165, 1.54) is 111 Å². The molecule has 0 bridgehead atoms. The van der Waals surface area contributed by atoms with E-state index in [1.54, 1.807) is 0 Å². The average Bonchev–Trinajstić information content (AvgIpc) is 3.72. The molecule has 0 aromatic carbocycles.